The van der Waals surface area contributed by atoms with Crippen molar-refractivity contribution >= 4 is 5.91 Å². The van der Waals surface area contributed by atoms with Gasteiger partial charge in [-0.15, -0.1) is 0 Å². The highest BCUT2D eigenvalue weighted by Crippen LogP contribution is 1.82. The topological polar surface area (TPSA) is 58.4 Å². The Morgan fingerprint density at radius 2 is 2.33 bits per heavy atom. The van der Waals surface area contributed by atoms with Crippen LogP contribution in [0.3, 0.4) is 0 Å². The number of nitrogens with one attached hydrogen (secondary N) is 1. The molecular weight excluding hydrogens is 154 g/mol. The standard InChI is InChI=1S/C8H17N3O/c1-3-8(12)11(2)7-6-10-5-4-9/h3,10H,1,4-7,9H2,2H3. The zero-order valence-electron chi connectivity index (χ0n) is 7.55. The molecule has 0 saturated carbocycles. The molecule has 0 aromatic heterocycles. The van der Waals surface area contributed by atoms with E-state index in [0.717, 1.165) is 13.1 Å². The van der Waals surface area contributed by atoms with Gasteiger partial charge in [0.2, 0.25) is 5.91 Å². The molecule has 0 aliphatic heterocycles. The summed E-state index contributed by atoms with van der Waals surface area (Å²) in [5.74, 6) is -0.0513. The zero-order valence-corrected chi connectivity index (χ0v) is 7.55. The summed E-state index contributed by atoms with van der Waals surface area (Å²) in [6, 6.07) is 0. The van der Waals surface area contributed by atoms with Gasteiger partial charge in [-0.05, 0) is 6.08 Å². The number of carbonyl (C=O) groups is 1. The van der Waals surface area contributed by atoms with E-state index in [1.165, 1.54) is 6.08 Å². The maximum absolute atomic E-state index is 10.9. The van der Waals surface area contributed by atoms with Crippen LogP contribution in [-0.4, -0.2) is 44.0 Å². The smallest absolute Gasteiger partial charge is 0.245 e. The summed E-state index contributed by atoms with van der Waals surface area (Å²) >= 11 is 0. The Morgan fingerprint density at radius 1 is 1.67 bits per heavy atom. The zero-order chi connectivity index (χ0) is 9.40. The van der Waals surface area contributed by atoms with Crippen LogP contribution < -0.4 is 11.1 Å². The molecule has 0 rings (SSSR count). The third-order valence-electron chi connectivity index (χ3n) is 1.50. The molecule has 0 bridgehead atoms. The molecule has 70 valence electrons. The number of carbonyl (C=O) groups excluding carboxylic acids is 1. The molecule has 0 unspecified atom stereocenters. The van der Waals surface area contributed by atoms with Crippen LogP contribution in [0.2, 0.25) is 0 Å². The Balaban J connectivity index is 3.37. The molecule has 0 aromatic carbocycles. The van der Waals surface area contributed by atoms with E-state index in [-0.39, 0.29) is 5.91 Å². The monoisotopic (exact) mass is 171 g/mol. The number of likely N-dealkylation sites (N-methyl/N-ethyl adjacent to an activating group) is 1. The van der Waals surface area contributed by atoms with Crippen LogP contribution in [0.4, 0.5) is 0 Å². The number of rotatable bonds is 6. The summed E-state index contributed by atoms with van der Waals surface area (Å²) in [4.78, 5) is 12.5. The van der Waals surface area contributed by atoms with Crippen molar-refractivity contribution in [2.24, 2.45) is 5.73 Å². The second kappa shape index (κ2) is 6.82. The average Bonchev–Trinajstić information content (AvgIpc) is 2.10. The van der Waals surface area contributed by atoms with Crippen LogP contribution in [0, 0.1) is 0 Å². The van der Waals surface area contributed by atoms with Gasteiger partial charge in [-0.2, -0.15) is 0 Å². The van der Waals surface area contributed by atoms with Crippen molar-refractivity contribution in [2.75, 3.05) is 33.2 Å². The Bertz CT molecular complexity index is 147. The van der Waals surface area contributed by atoms with Gasteiger partial charge in [-0.1, -0.05) is 6.58 Å². The molecule has 0 heterocycles. The predicted molar refractivity (Wildman–Crippen MR) is 49.8 cm³/mol. The molecule has 0 aromatic rings. The molecule has 4 nitrogen and oxygen atoms in total. The summed E-state index contributed by atoms with van der Waals surface area (Å²) in [5, 5.41) is 3.09. The van der Waals surface area contributed by atoms with Crippen molar-refractivity contribution in [1.29, 1.82) is 0 Å². The van der Waals surface area contributed by atoms with E-state index in [1.54, 1.807) is 11.9 Å². The van der Waals surface area contributed by atoms with Crippen LogP contribution in [0.5, 0.6) is 0 Å². The van der Waals surface area contributed by atoms with Crippen molar-refractivity contribution in [1.82, 2.24) is 10.2 Å². The third kappa shape index (κ3) is 4.87. The first-order valence-corrected chi connectivity index (χ1v) is 4.00. The summed E-state index contributed by atoms with van der Waals surface area (Å²) in [5.41, 5.74) is 5.27. The van der Waals surface area contributed by atoms with E-state index in [2.05, 4.69) is 11.9 Å². The van der Waals surface area contributed by atoms with E-state index in [1.807, 2.05) is 0 Å². The van der Waals surface area contributed by atoms with Crippen LogP contribution in [0.15, 0.2) is 12.7 Å². The lowest BCUT2D eigenvalue weighted by Gasteiger charge is -2.14. The van der Waals surface area contributed by atoms with E-state index in [9.17, 15) is 4.79 Å². The van der Waals surface area contributed by atoms with E-state index in [4.69, 9.17) is 5.73 Å². The average molecular weight is 171 g/mol. The molecule has 0 aliphatic rings. The van der Waals surface area contributed by atoms with Crippen molar-refractivity contribution in [3.8, 4) is 0 Å². The van der Waals surface area contributed by atoms with Gasteiger partial charge in [0.25, 0.3) is 0 Å². The van der Waals surface area contributed by atoms with Crippen LogP contribution in [-0.2, 0) is 4.79 Å². The quantitative estimate of drug-likeness (QED) is 0.405. The Kier molecular flexibility index (Phi) is 6.32. The first-order chi connectivity index (χ1) is 5.72. The van der Waals surface area contributed by atoms with Crippen LogP contribution >= 0.6 is 0 Å². The summed E-state index contributed by atoms with van der Waals surface area (Å²) in [7, 11) is 1.74. The molecule has 0 saturated heterocycles. The fraction of sp³-hybridized carbons (Fsp3) is 0.625. The number of hydrogen-bond acceptors (Lipinski definition) is 3. The molecule has 4 heteroatoms. The van der Waals surface area contributed by atoms with E-state index >= 15 is 0 Å². The van der Waals surface area contributed by atoms with Gasteiger partial charge in [-0.3, -0.25) is 4.79 Å². The largest absolute Gasteiger partial charge is 0.341 e. The molecule has 12 heavy (non-hydrogen) atoms. The Labute approximate surface area is 73.4 Å². The van der Waals surface area contributed by atoms with Crippen molar-refractivity contribution < 1.29 is 4.79 Å². The second-order valence-electron chi connectivity index (χ2n) is 2.50. The minimum absolute atomic E-state index is 0.0513. The Hall–Kier alpha value is -0.870. The Morgan fingerprint density at radius 3 is 2.83 bits per heavy atom. The first-order valence-electron chi connectivity index (χ1n) is 4.00. The lowest BCUT2D eigenvalue weighted by molar-refractivity contribution is -0.124. The van der Waals surface area contributed by atoms with Gasteiger partial charge in [-0.25, -0.2) is 0 Å². The minimum atomic E-state index is -0.0513. The number of amides is 1. The lowest BCUT2D eigenvalue weighted by Crippen LogP contribution is -2.34. The van der Waals surface area contributed by atoms with Crippen molar-refractivity contribution in [2.45, 2.75) is 0 Å². The van der Waals surface area contributed by atoms with Crippen molar-refractivity contribution in [3.63, 3.8) is 0 Å². The molecule has 0 aliphatic carbocycles. The summed E-state index contributed by atoms with van der Waals surface area (Å²) in [6.07, 6.45) is 1.31. The van der Waals surface area contributed by atoms with E-state index in [0.29, 0.717) is 13.1 Å². The highest BCUT2D eigenvalue weighted by molar-refractivity contribution is 5.86. The fourth-order valence-electron chi connectivity index (χ4n) is 0.740. The van der Waals surface area contributed by atoms with Gasteiger partial charge < -0.3 is 16.0 Å². The molecular formula is C8H17N3O. The normalized spacial score (nSPS) is 9.50. The molecule has 3 N–H and O–H groups in total. The van der Waals surface area contributed by atoms with Gasteiger partial charge in [0.1, 0.15) is 0 Å². The maximum atomic E-state index is 10.9. The molecule has 0 radical (unpaired) electrons. The predicted octanol–water partition coefficient (Wildman–Crippen LogP) is -0.821. The third-order valence-corrected chi connectivity index (χ3v) is 1.50. The van der Waals surface area contributed by atoms with Gasteiger partial charge >= 0.3 is 0 Å². The molecule has 0 spiro atoms. The maximum Gasteiger partial charge on any atom is 0.245 e. The second-order valence-corrected chi connectivity index (χ2v) is 2.50. The lowest BCUT2D eigenvalue weighted by atomic mass is 10.4. The molecule has 1 amide bonds. The minimum Gasteiger partial charge on any atom is -0.341 e. The van der Waals surface area contributed by atoms with Gasteiger partial charge in [0.15, 0.2) is 0 Å². The van der Waals surface area contributed by atoms with Crippen LogP contribution in [0.25, 0.3) is 0 Å². The number of nitrogens with two attached hydrogens (primary N) is 1. The van der Waals surface area contributed by atoms with Crippen LogP contribution in [0.1, 0.15) is 0 Å². The molecule has 0 atom stereocenters. The number of hydrogen-bond donors (Lipinski definition) is 2. The molecule has 0 fully saturated rings. The highest BCUT2D eigenvalue weighted by atomic mass is 16.2. The van der Waals surface area contributed by atoms with Gasteiger partial charge in [0, 0.05) is 33.2 Å². The fourth-order valence-corrected chi connectivity index (χ4v) is 0.740. The summed E-state index contributed by atoms with van der Waals surface area (Å²) in [6.45, 7) is 6.26. The summed E-state index contributed by atoms with van der Waals surface area (Å²) < 4.78 is 0. The van der Waals surface area contributed by atoms with Crippen molar-refractivity contribution in [3.05, 3.63) is 12.7 Å². The number of nitrogens with zero attached hydrogens (tertiary/aromatic N) is 1. The van der Waals surface area contributed by atoms with E-state index < -0.39 is 0 Å². The first kappa shape index (κ1) is 11.1. The van der Waals surface area contributed by atoms with Gasteiger partial charge in [0.05, 0.1) is 0 Å². The SMILES string of the molecule is C=CC(=O)N(C)CCNCCN. The highest BCUT2D eigenvalue weighted by Gasteiger charge is 2.01.